The Kier molecular flexibility index (Phi) is 4.41. The van der Waals surface area contributed by atoms with Gasteiger partial charge in [0.2, 0.25) is 17.7 Å². The Labute approximate surface area is 134 Å². The number of nitrogens with zero attached hydrogens (tertiary/aromatic N) is 2. The molecule has 0 N–H and O–H groups in total. The van der Waals surface area contributed by atoms with Crippen LogP contribution in [0.5, 0.6) is 0 Å². The number of amides is 3. The van der Waals surface area contributed by atoms with E-state index in [0.717, 1.165) is 17.7 Å². The molecule has 0 bridgehead atoms. The smallest absolute Gasteiger partial charge is 0.229 e. The fourth-order valence-electron chi connectivity index (χ4n) is 2.84. The zero-order valence-electron chi connectivity index (χ0n) is 12.8. The van der Waals surface area contributed by atoms with Crippen molar-refractivity contribution in [1.29, 1.82) is 0 Å². The normalized spacial score (nSPS) is 17.7. The van der Waals surface area contributed by atoms with Crippen molar-refractivity contribution in [3.05, 3.63) is 35.6 Å². The zero-order valence-corrected chi connectivity index (χ0v) is 12.8. The molecule has 122 valence electrons. The Hall–Kier alpha value is -2.24. The third-order valence-electron chi connectivity index (χ3n) is 4.31. The van der Waals surface area contributed by atoms with Gasteiger partial charge in [-0.15, -0.1) is 0 Å². The Morgan fingerprint density at radius 2 is 1.83 bits per heavy atom. The molecule has 3 amide bonds. The van der Waals surface area contributed by atoms with Crippen LogP contribution in [-0.2, 0) is 20.9 Å². The molecule has 0 radical (unpaired) electrons. The van der Waals surface area contributed by atoms with Crippen LogP contribution in [0.3, 0.4) is 0 Å². The third kappa shape index (κ3) is 3.57. The van der Waals surface area contributed by atoms with Crippen LogP contribution in [0.15, 0.2) is 24.3 Å². The van der Waals surface area contributed by atoms with Crippen molar-refractivity contribution in [1.82, 2.24) is 9.80 Å². The van der Waals surface area contributed by atoms with Crippen LogP contribution in [0.1, 0.15) is 37.7 Å². The summed E-state index contributed by atoms with van der Waals surface area (Å²) in [6.07, 6.45) is 2.40. The average Bonchev–Trinajstić information content (AvgIpc) is 3.31. The predicted octanol–water partition coefficient (Wildman–Crippen LogP) is 1.86. The summed E-state index contributed by atoms with van der Waals surface area (Å²) < 4.78 is 13.8. The lowest BCUT2D eigenvalue weighted by molar-refractivity contribution is -0.139. The highest BCUT2D eigenvalue weighted by atomic mass is 19.1. The summed E-state index contributed by atoms with van der Waals surface area (Å²) in [6.45, 7) is 0.356. The highest BCUT2D eigenvalue weighted by Gasteiger charge is 2.34. The molecule has 1 aliphatic heterocycles. The van der Waals surface area contributed by atoms with E-state index < -0.39 is 0 Å². The lowest BCUT2D eigenvalue weighted by Crippen LogP contribution is -2.37. The highest BCUT2D eigenvalue weighted by molar-refractivity contribution is 6.02. The standard InChI is InChI=1S/C17H19FN2O3/c18-14-4-2-1-3-12(14)11-20(13-5-6-13)17(23)9-10-19-15(21)7-8-16(19)22/h1-4,13H,5-11H2. The first kappa shape index (κ1) is 15.6. The van der Waals surface area contributed by atoms with E-state index >= 15 is 0 Å². The topological polar surface area (TPSA) is 57.7 Å². The Morgan fingerprint density at radius 1 is 1.17 bits per heavy atom. The minimum atomic E-state index is -0.323. The number of hydrogen-bond acceptors (Lipinski definition) is 3. The molecule has 1 saturated heterocycles. The number of carbonyl (C=O) groups excluding carboxylic acids is 3. The van der Waals surface area contributed by atoms with Gasteiger partial charge in [0, 0.05) is 44.0 Å². The van der Waals surface area contributed by atoms with Crippen LogP contribution in [0.2, 0.25) is 0 Å². The molecule has 1 aliphatic carbocycles. The second-order valence-corrected chi connectivity index (χ2v) is 6.03. The first-order valence-electron chi connectivity index (χ1n) is 7.92. The van der Waals surface area contributed by atoms with Gasteiger partial charge in [0.05, 0.1) is 0 Å². The van der Waals surface area contributed by atoms with Crippen LogP contribution in [0, 0.1) is 5.82 Å². The number of hydrogen-bond donors (Lipinski definition) is 0. The van der Waals surface area contributed by atoms with Crippen molar-refractivity contribution in [2.75, 3.05) is 6.54 Å². The number of imide groups is 1. The van der Waals surface area contributed by atoms with Gasteiger partial charge in [-0.1, -0.05) is 18.2 Å². The monoisotopic (exact) mass is 318 g/mol. The Bertz CT molecular complexity index is 626. The molecule has 0 aromatic heterocycles. The second-order valence-electron chi connectivity index (χ2n) is 6.03. The van der Waals surface area contributed by atoms with Gasteiger partial charge < -0.3 is 4.90 Å². The molecule has 1 aromatic rings. The minimum Gasteiger partial charge on any atom is -0.335 e. The van der Waals surface area contributed by atoms with Gasteiger partial charge in [-0.05, 0) is 18.9 Å². The molecule has 0 atom stereocenters. The molecule has 0 unspecified atom stereocenters. The first-order valence-corrected chi connectivity index (χ1v) is 7.92. The average molecular weight is 318 g/mol. The summed E-state index contributed by atoms with van der Waals surface area (Å²) in [7, 11) is 0. The van der Waals surface area contributed by atoms with Crippen molar-refractivity contribution in [3.8, 4) is 0 Å². The van der Waals surface area contributed by atoms with Gasteiger partial charge in [-0.25, -0.2) is 4.39 Å². The maximum absolute atomic E-state index is 13.8. The maximum atomic E-state index is 13.8. The van der Waals surface area contributed by atoms with E-state index in [1.807, 2.05) is 0 Å². The fraction of sp³-hybridized carbons (Fsp3) is 0.471. The van der Waals surface area contributed by atoms with E-state index in [4.69, 9.17) is 0 Å². The molecular weight excluding hydrogens is 299 g/mol. The van der Waals surface area contributed by atoms with Crippen LogP contribution in [0.25, 0.3) is 0 Å². The van der Waals surface area contributed by atoms with Crippen molar-refractivity contribution >= 4 is 17.7 Å². The van der Waals surface area contributed by atoms with Gasteiger partial charge in [0.1, 0.15) is 5.82 Å². The molecule has 1 heterocycles. The van der Waals surface area contributed by atoms with Crippen LogP contribution in [0.4, 0.5) is 4.39 Å². The molecule has 2 fully saturated rings. The van der Waals surface area contributed by atoms with Gasteiger partial charge in [0.25, 0.3) is 0 Å². The molecule has 1 saturated carbocycles. The molecule has 3 rings (SSSR count). The van der Waals surface area contributed by atoms with Gasteiger partial charge in [0.15, 0.2) is 0 Å². The molecule has 6 heteroatoms. The van der Waals surface area contributed by atoms with E-state index in [1.165, 1.54) is 6.07 Å². The van der Waals surface area contributed by atoms with Crippen LogP contribution >= 0.6 is 0 Å². The minimum absolute atomic E-state index is 0.0996. The number of likely N-dealkylation sites (tertiary alicyclic amines) is 1. The quantitative estimate of drug-likeness (QED) is 0.752. The van der Waals surface area contributed by atoms with E-state index in [0.29, 0.717) is 5.56 Å². The highest BCUT2D eigenvalue weighted by Crippen LogP contribution is 2.29. The number of rotatable bonds is 6. The Balaban J connectivity index is 1.62. The lowest BCUT2D eigenvalue weighted by atomic mass is 10.2. The van der Waals surface area contributed by atoms with E-state index in [1.54, 1.807) is 23.1 Å². The van der Waals surface area contributed by atoms with Gasteiger partial charge in [-0.3, -0.25) is 19.3 Å². The predicted molar refractivity (Wildman–Crippen MR) is 80.5 cm³/mol. The van der Waals surface area contributed by atoms with E-state index in [9.17, 15) is 18.8 Å². The van der Waals surface area contributed by atoms with Crippen LogP contribution in [-0.4, -0.2) is 40.1 Å². The van der Waals surface area contributed by atoms with Crippen molar-refractivity contribution < 1.29 is 18.8 Å². The molecule has 0 spiro atoms. The molecule has 23 heavy (non-hydrogen) atoms. The first-order chi connectivity index (χ1) is 11.1. The molecular formula is C17H19FN2O3. The maximum Gasteiger partial charge on any atom is 0.229 e. The van der Waals surface area contributed by atoms with E-state index in [-0.39, 0.29) is 61.9 Å². The number of carbonyl (C=O) groups is 3. The largest absolute Gasteiger partial charge is 0.335 e. The summed E-state index contributed by atoms with van der Waals surface area (Å²) in [5.41, 5.74) is 0.487. The van der Waals surface area contributed by atoms with Crippen molar-refractivity contribution in [2.24, 2.45) is 0 Å². The fourth-order valence-corrected chi connectivity index (χ4v) is 2.84. The number of halogens is 1. The van der Waals surface area contributed by atoms with Gasteiger partial charge in [-0.2, -0.15) is 0 Å². The summed E-state index contributed by atoms with van der Waals surface area (Å²) in [4.78, 5) is 38.5. The summed E-state index contributed by atoms with van der Waals surface area (Å²) in [5, 5.41) is 0. The van der Waals surface area contributed by atoms with Gasteiger partial charge >= 0.3 is 0 Å². The Morgan fingerprint density at radius 3 is 2.43 bits per heavy atom. The molecule has 1 aromatic carbocycles. The molecule has 5 nitrogen and oxygen atoms in total. The molecule has 2 aliphatic rings. The summed E-state index contributed by atoms with van der Waals surface area (Å²) >= 11 is 0. The van der Waals surface area contributed by atoms with Crippen LogP contribution < -0.4 is 0 Å². The lowest BCUT2D eigenvalue weighted by Gasteiger charge is -2.24. The van der Waals surface area contributed by atoms with E-state index in [2.05, 4.69) is 0 Å². The zero-order chi connectivity index (χ0) is 16.4. The second kappa shape index (κ2) is 6.48. The SMILES string of the molecule is O=C1CCC(=O)N1CCC(=O)N(Cc1ccccc1F)C1CC1. The van der Waals surface area contributed by atoms with Crippen molar-refractivity contribution in [3.63, 3.8) is 0 Å². The van der Waals surface area contributed by atoms with Crippen molar-refractivity contribution in [2.45, 2.75) is 44.7 Å². The summed E-state index contributed by atoms with van der Waals surface area (Å²) in [5.74, 6) is -0.885. The number of benzene rings is 1. The third-order valence-corrected chi connectivity index (χ3v) is 4.31. The summed E-state index contributed by atoms with van der Waals surface area (Å²) in [6, 6.07) is 6.56.